The van der Waals surface area contributed by atoms with Crippen LogP contribution in [0.2, 0.25) is 0 Å². The van der Waals surface area contributed by atoms with Gasteiger partial charge in [0.05, 0.1) is 11.6 Å². The molecule has 1 atom stereocenters. The van der Waals surface area contributed by atoms with Crippen molar-refractivity contribution in [3.05, 3.63) is 29.3 Å². The summed E-state index contributed by atoms with van der Waals surface area (Å²) >= 11 is 0. The van der Waals surface area contributed by atoms with Crippen LogP contribution >= 0.6 is 0 Å². The number of rotatable bonds is 4. The van der Waals surface area contributed by atoms with Gasteiger partial charge >= 0.3 is 0 Å². The summed E-state index contributed by atoms with van der Waals surface area (Å²) in [5.74, 6) is 0.875. The van der Waals surface area contributed by atoms with E-state index in [4.69, 9.17) is 0 Å². The minimum Gasteiger partial charge on any atom is -0.507 e. The van der Waals surface area contributed by atoms with Gasteiger partial charge in [-0.25, -0.2) is 0 Å². The average Bonchev–Trinajstić information content (AvgIpc) is 3.39. The number of phenols is 1. The molecule has 1 heterocycles. The second kappa shape index (κ2) is 7.06. The minimum absolute atomic E-state index is 0.00195. The zero-order chi connectivity index (χ0) is 18.1. The Morgan fingerprint density at radius 2 is 2.04 bits per heavy atom. The Morgan fingerprint density at radius 3 is 2.68 bits per heavy atom. The molecule has 5 heteroatoms. The average molecular weight is 344 g/mol. The van der Waals surface area contributed by atoms with Crippen LogP contribution in [-0.2, 0) is 4.79 Å². The Kier molecular flexibility index (Phi) is 5.02. The van der Waals surface area contributed by atoms with Gasteiger partial charge in [0.2, 0.25) is 5.91 Å². The van der Waals surface area contributed by atoms with Gasteiger partial charge in [-0.15, -0.1) is 0 Å². The van der Waals surface area contributed by atoms with Crippen molar-refractivity contribution < 1.29 is 14.7 Å². The number of benzene rings is 1. The molecule has 2 amide bonds. The van der Waals surface area contributed by atoms with Crippen molar-refractivity contribution in [2.45, 2.75) is 46.1 Å². The van der Waals surface area contributed by atoms with E-state index in [0.29, 0.717) is 31.0 Å². The Hall–Kier alpha value is -2.04. The molecule has 1 aliphatic heterocycles. The molecule has 1 aromatic rings. The Labute approximate surface area is 149 Å². The van der Waals surface area contributed by atoms with Gasteiger partial charge in [-0.2, -0.15) is 0 Å². The summed E-state index contributed by atoms with van der Waals surface area (Å²) in [7, 11) is 0. The van der Waals surface area contributed by atoms with Crippen molar-refractivity contribution in [1.29, 1.82) is 0 Å². The van der Waals surface area contributed by atoms with Gasteiger partial charge < -0.3 is 14.9 Å². The number of amides is 2. The van der Waals surface area contributed by atoms with Crippen LogP contribution < -0.4 is 0 Å². The molecule has 2 fully saturated rings. The summed E-state index contributed by atoms with van der Waals surface area (Å²) in [4.78, 5) is 29.4. The fourth-order valence-electron chi connectivity index (χ4n) is 3.54. The maximum atomic E-state index is 13.0. The zero-order valence-electron chi connectivity index (χ0n) is 15.4. The van der Waals surface area contributed by atoms with E-state index < -0.39 is 0 Å². The number of aryl methyl sites for hydroxylation is 1. The van der Waals surface area contributed by atoms with E-state index in [2.05, 4.69) is 13.8 Å². The molecule has 3 rings (SSSR count). The standard InChI is InChI=1S/C20H28N2O3/c1-13(2)17-12-21(9-8-19(24)22(17)11-15-5-6-15)20(25)16-10-14(3)4-7-18(16)23/h4,7,10,13,15,17,23H,5-6,8-9,11-12H2,1-3H3. The first-order valence-electron chi connectivity index (χ1n) is 9.25. The van der Waals surface area contributed by atoms with E-state index in [1.54, 1.807) is 23.1 Å². The van der Waals surface area contributed by atoms with Gasteiger partial charge in [0.25, 0.3) is 5.91 Å². The van der Waals surface area contributed by atoms with Gasteiger partial charge in [-0.3, -0.25) is 9.59 Å². The lowest BCUT2D eigenvalue weighted by molar-refractivity contribution is -0.133. The van der Waals surface area contributed by atoms with Gasteiger partial charge in [0.1, 0.15) is 5.75 Å². The molecule has 0 aromatic heterocycles. The molecule has 136 valence electrons. The molecule has 1 N–H and O–H groups in total. The molecule has 25 heavy (non-hydrogen) atoms. The highest BCUT2D eigenvalue weighted by atomic mass is 16.3. The Balaban J connectivity index is 1.83. The molecular formula is C20H28N2O3. The van der Waals surface area contributed by atoms with Crippen LogP contribution in [0.1, 0.15) is 49.0 Å². The number of carbonyl (C=O) groups excluding carboxylic acids is 2. The maximum absolute atomic E-state index is 13.0. The van der Waals surface area contributed by atoms with Crippen molar-refractivity contribution >= 4 is 11.8 Å². The molecule has 1 aromatic carbocycles. The zero-order valence-corrected chi connectivity index (χ0v) is 15.4. The van der Waals surface area contributed by atoms with Crippen molar-refractivity contribution in [1.82, 2.24) is 9.80 Å². The van der Waals surface area contributed by atoms with Crippen LogP contribution in [0.4, 0.5) is 0 Å². The van der Waals surface area contributed by atoms with Crippen LogP contribution in [0.5, 0.6) is 5.75 Å². The third kappa shape index (κ3) is 3.97. The molecule has 1 saturated heterocycles. The number of carbonyl (C=O) groups is 2. The van der Waals surface area contributed by atoms with Gasteiger partial charge in [0, 0.05) is 26.1 Å². The van der Waals surface area contributed by atoms with Crippen LogP contribution in [0.3, 0.4) is 0 Å². The molecule has 1 aliphatic carbocycles. The van der Waals surface area contributed by atoms with Crippen LogP contribution in [0, 0.1) is 18.8 Å². The number of phenolic OH excluding ortho intramolecular Hbond substituents is 1. The van der Waals surface area contributed by atoms with E-state index in [0.717, 1.165) is 12.1 Å². The normalized spacial score (nSPS) is 21.6. The fraction of sp³-hybridized carbons (Fsp3) is 0.600. The predicted molar refractivity (Wildman–Crippen MR) is 96.4 cm³/mol. The summed E-state index contributed by atoms with van der Waals surface area (Å²) in [6.07, 6.45) is 2.76. The van der Waals surface area contributed by atoms with E-state index in [9.17, 15) is 14.7 Å². The summed E-state index contributed by atoms with van der Waals surface area (Å²) in [6, 6.07) is 5.10. The van der Waals surface area contributed by atoms with Crippen molar-refractivity contribution in [3.63, 3.8) is 0 Å². The second-order valence-corrected chi connectivity index (χ2v) is 7.82. The first kappa shape index (κ1) is 17.8. The second-order valence-electron chi connectivity index (χ2n) is 7.82. The minimum atomic E-state index is -0.187. The quantitative estimate of drug-likeness (QED) is 0.914. The third-order valence-corrected chi connectivity index (χ3v) is 5.31. The first-order chi connectivity index (χ1) is 11.9. The Bertz CT molecular complexity index is 667. The summed E-state index contributed by atoms with van der Waals surface area (Å²) in [5.41, 5.74) is 1.26. The molecule has 2 aliphatic rings. The molecule has 0 spiro atoms. The number of aromatic hydroxyl groups is 1. The smallest absolute Gasteiger partial charge is 0.257 e. The van der Waals surface area contributed by atoms with E-state index in [1.165, 1.54) is 12.8 Å². The highest BCUT2D eigenvalue weighted by Gasteiger charge is 2.37. The highest BCUT2D eigenvalue weighted by molar-refractivity contribution is 5.97. The Morgan fingerprint density at radius 1 is 1.32 bits per heavy atom. The number of hydrogen-bond acceptors (Lipinski definition) is 3. The van der Waals surface area contributed by atoms with Gasteiger partial charge in [-0.05, 0) is 43.7 Å². The molecule has 1 saturated carbocycles. The lowest BCUT2D eigenvalue weighted by atomic mass is 10.0. The lowest BCUT2D eigenvalue weighted by Crippen LogP contribution is -2.48. The topological polar surface area (TPSA) is 60.9 Å². The largest absolute Gasteiger partial charge is 0.507 e. The number of nitrogens with zero attached hydrogens (tertiary/aromatic N) is 2. The van der Waals surface area contributed by atoms with Crippen LogP contribution in [0.15, 0.2) is 18.2 Å². The van der Waals surface area contributed by atoms with Crippen molar-refractivity contribution in [2.24, 2.45) is 11.8 Å². The SMILES string of the molecule is Cc1ccc(O)c(C(=O)N2CCC(=O)N(CC3CC3)C(C(C)C)C2)c1. The fourth-order valence-corrected chi connectivity index (χ4v) is 3.54. The molecule has 0 radical (unpaired) electrons. The van der Waals surface area contributed by atoms with Gasteiger partial charge in [-0.1, -0.05) is 25.5 Å². The van der Waals surface area contributed by atoms with Crippen LogP contribution in [-0.4, -0.2) is 52.4 Å². The molecule has 1 unspecified atom stereocenters. The maximum Gasteiger partial charge on any atom is 0.257 e. The van der Waals surface area contributed by atoms with Crippen LogP contribution in [0.25, 0.3) is 0 Å². The van der Waals surface area contributed by atoms with E-state index in [1.807, 2.05) is 11.8 Å². The highest BCUT2D eigenvalue weighted by Crippen LogP contribution is 2.32. The molecule has 0 bridgehead atoms. The van der Waals surface area contributed by atoms with E-state index >= 15 is 0 Å². The summed E-state index contributed by atoms with van der Waals surface area (Å²) < 4.78 is 0. The van der Waals surface area contributed by atoms with Crippen molar-refractivity contribution in [3.8, 4) is 5.75 Å². The predicted octanol–water partition coefficient (Wildman–Crippen LogP) is 2.81. The van der Waals surface area contributed by atoms with E-state index in [-0.39, 0.29) is 29.5 Å². The molecular weight excluding hydrogens is 316 g/mol. The van der Waals surface area contributed by atoms with Gasteiger partial charge in [0.15, 0.2) is 0 Å². The lowest BCUT2D eigenvalue weighted by Gasteiger charge is -2.35. The van der Waals surface area contributed by atoms with Crippen molar-refractivity contribution in [2.75, 3.05) is 19.6 Å². The first-order valence-corrected chi connectivity index (χ1v) is 9.25. The molecule has 5 nitrogen and oxygen atoms in total. The summed E-state index contributed by atoms with van der Waals surface area (Å²) in [6.45, 7) is 7.87. The summed E-state index contributed by atoms with van der Waals surface area (Å²) in [5, 5.41) is 10.1. The third-order valence-electron chi connectivity index (χ3n) is 5.31. The monoisotopic (exact) mass is 344 g/mol. The number of hydrogen-bond donors (Lipinski definition) is 1.